The molecule has 0 saturated heterocycles. The van der Waals surface area contributed by atoms with Gasteiger partial charge in [0.05, 0.1) is 13.2 Å². The molecule has 0 aliphatic rings. The second-order valence-corrected chi connectivity index (χ2v) is 4.34. The van der Waals surface area contributed by atoms with Gasteiger partial charge in [0.1, 0.15) is 5.75 Å². The number of nitrogens with zero attached hydrogens (tertiary/aromatic N) is 1. The van der Waals surface area contributed by atoms with Crippen molar-refractivity contribution < 1.29 is 9.84 Å². The summed E-state index contributed by atoms with van der Waals surface area (Å²) in [5.41, 5.74) is 1.92. The van der Waals surface area contributed by atoms with E-state index in [2.05, 4.69) is 18.9 Å². The van der Waals surface area contributed by atoms with E-state index in [9.17, 15) is 5.11 Å². The largest absolute Gasteiger partial charge is 0.496 e. The number of ether oxygens (including phenoxy) is 1. The van der Waals surface area contributed by atoms with Crippen LogP contribution < -0.4 is 9.64 Å². The number of benzene rings is 1. The lowest BCUT2D eigenvalue weighted by atomic mass is 10.1. The first kappa shape index (κ1) is 13.8. The zero-order valence-electron chi connectivity index (χ0n) is 11.2. The summed E-state index contributed by atoms with van der Waals surface area (Å²) in [6.07, 6.45) is 1.79. The van der Waals surface area contributed by atoms with E-state index in [0.717, 1.165) is 30.0 Å². The molecule has 0 aliphatic carbocycles. The Labute approximate surface area is 104 Å². The number of unbranched alkanes of at least 4 members (excludes halogenated alkanes) is 1. The van der Waals surface area contributed by atoms with Crippen molar-refractivity contribution in [1.82, 2.24) is 0 Å². The lowest BCUT2D eigenvalue weighted by Gasteiger charge is -2.25. The Morgan fingerprint density at radius 2 is 2.12 bits per heavy atom. The number of rotatable bonds is 6. The molecule has 0 aromatic heterocycles. The summed E-state index contributed by atoms with van der Waals surface area (Å²) in [5.74, 6) is 0.751. The second kappa shape index (κ2) is 6.50. The molecule has 0 fully saturated rings. The molecule has 0 heterocycles. The van der Waals surface area contributed by atoms with Gasteiger partial charge in [-0.2, -0.15) is 0 Å². The quantitative estimate of drug-likeness (QED) is 0.825. The fraction of sp³-hybridized carbons (Fsp3) is 0.571. The van der Waals surface area contributed by atoms with Crippen molar-refractivity contribution >= 4 is 5.69 Å². The number of hydrogen-bond donors (Lipinski definition) is 1. The molecule has 3 nitrogen and oxygen atoms in total. The first-order valence-corrected chi connectivity index (χ1v) is 6.17. The third-order valence-corrected chi connectivity index (χ3v) is 2.94. The Morgan fingerprint density at radius 3 is 2.65 bits per heavy atom. The van der Waals surface area contributed by atoms with Gasteiger partial charge in [0.25, 0.3) is 0 Å². The lowest BCUT2D eigenvalue weighted by molar-refractivity contribution is 0.194. The number of methoxy groups -OCH3 is 1. The number of aliphatic hydroxyl groups excluding tert-OH is 1. The van der Waals surface area contributed by atoms with Crippen molar-refractivity contribution in [2.24, 2.45) is 0 Å². The lowest BCUT2D eigenvalue weighted by Crippen LogP contribution is -2.20. The molecule has 1 rings (SSSR count). The minimum atomic E-state index is -0.523. The van der Waals surface area contributed by atoms with E-state index in [4.69, 9.17) is 4.74 Å². The average molecular weight is 237 g/mol. The van der Waals surface area contributed by atoms with Crippen molar-refractivity contribution in [2.45, 2.75) is 32.8 Å². The Kier molecular flexibility index (Phi) is 5.29. The highest BCUT2D eigenvalue weighted by molar-refractivity contribution is 5.60. The normalized spacial score (nSPS) is 12.3. The number of aliphatic hydroxyl groups is 1. The van der Waals surface area contributed by atoms with Crippen LogP contribution in [0.3, 0.4) is 0 Å². The van der Waals surface area contributed by atoms with Gasteiger partial charge in [0.15, 0.2) is 0 Å². The Bertz CT molecular complexity index is 350. The molecular weight excluding hydrogens is 214 g/mol. The Balaban J connectivity index is 3.05. The molecule has 0 unspecified atom stereocenters. The molecule has 17 heavy (non-hydrogen) atoms. The van der Waals surface area contributed by atoms with E-state index in [1.54, 1.807) is 14.0 Å². The molecule has 1 aromatic carbocycles. The molecule has 96 valence electrons. The van der Waals surface area contributed by atoms with E-state index in [-0.39, 0.29) is 0 Å². The molecule has 0 saturated carbocycles. The summed E-state index contributed by atoms with van der Waals surface area (Å²) in [7, 11) is 3.69. The molecule has 0 radical (unpaired) electrons. The van der Waals surface area contributed by atoms with E-state index in [0.29, 0.717) is 0 Å². The standard InChI is InChI=1S/C14H23NO2/c1-5-6-10-15(3)12-8-7-9-13(17-4)14(12)11(2)16/h7-9,11,16H,5-6,10H2,1-4H3/t11-/m0/s1. The fourth-order valence-corrected chi connectivity index (χ4v) is 1.98. The van der Waals surface area contributed by atoms with E-state index < -0.39 is 6.10 Å². The van der Waals surface area contributed by atoms with Crippen LogP contribution in [0.5, 0.6) is 5.75 Å². The third kappa shape index (κ3) is 3.37. The van der Waals surface area contributed by atoms with Crippen molar-refractivity contribution in [3.63, 3.8) is 0 Å². The minimum absolute atomic E-state index is 0.523. The van der Waals surface area contributed by atoms with Gasteiger partial charge in [-0.25, -0.2) is 0 Å². The molecular formula is C14H23NO2. The van der Waals surface area contributed by atoms with Gasteiger partial charge in [-0.3, -0.25) is 0 Å². The maximum Gasteiger partial charge on any atom is 0.126 e. The fourth-order valence-electron chi connectivity index (χ4n) is 1.98. The van der Waals surface area contributed by atoms with E-state index in [1.165, 1.54) is 6.42 Å². The zero-order chi connectivity index (χ0) is 12.8. The van der Waals surface area contributed by atoms with Gasteiger partial charge in [0.2, 0.25) is 0 Å². The van der Waals surface area contributed by atoms with Gasteiger partial charge in [-0.15, -0.1) is 0 Å². The van der Waals surface area contributed by atoms with E-state index >= 15 is 0 Å². The minimum Gasteiger partial charge on any atom is -0.496 e. The highest BCUT2D eigenvalue weighted by Crippen LogP contribution is 2.34. The molecule has 3 heteroatoms. The predicted octanol–water partition coefficient (Wildman–Crippen LogP) is 2.98. The van der Waals surface area contributed by atoms with Crippen molar-refractivity contribution in [1.29, 1.82) is 0 Å². The third-order valence-electron chi connectivity index (χ3n) is 2.94. The summed E-state index contributed by atoms with van der Waals surface area (Å²) in [6, 6.07) is 5.88. The molecule has 0 spiro atoms. The summed E-state index contributed by atoms with van der Waals surface area (Å²) in [6.45, 7) is 4.94. The average Bonchev–Trinajstić information content (AvgIpc) is 2.34. The van der Waals surface area contributed by atoms with Gasteiger partial charge >= 0.3 is 0 Å². The van der Waals surface area contributed by atoms with Crippen molar-refractivity contribution in [2.75, 3.05) is 25.6 Å². The molecule has 0 aliphatic heterocycles. The van der Waals surface area contributed by atoms with Crippen LogP contribution in [-0.4, -0.2) is 25.8 Å². The SMILES string of the molecule is CCCCN(C)c1cccc(OC)c1[C@H](C)O. The van der Waals surface area contributed by atoms with Crippen molar-refractivity contribution in [3.8, 4) is 5.75 Å². The van der Waals surface area contributed by atoms with Crippen LogP contribution >= 0.6 is 0 Å². The predicted molar refractivity (Wildman–Crippen MR) is 71.8 cm³/mol. The first-order chi connectivity index (χ1) is 8.11. The Morgan fingerprint density at radius 1 is 1.41 bits per heavy atom. The topological polar surface area (TPSA) is 32.7 Å². The van der Waals surface area contributed by atoms with Crippen LogP contribution in [0.2, 0.25) is 0 Å². The zero-order valence-corrected chi connectivity index (χ0v) is 11.2. The van der Waals surface area contributed by atoms with Crippen LogP contribution in [0, 0.1) is 0 Å². The first-order valence-electron chi connectivity index (χ1n) is 6.17. The summed E-state index contributed by atoms with van der Waals surface area (Å²) in [4.78, 5) is 2.17. The van der Waals surface area contributed by atoms with Crippen LogP contribution in [-0.2, 0) is 0 Å². The monoisotopic (exact) mass is 237 g/mol. The molecule has 1 N–H and O–H groups in total. The Hall–Kier alpha value is -1.22. The summed E-state index contributed by atoms with van der Waals surface area (Å²) < 4.78 is 5.32. The van der Waals surface area contributed by atoms with Gasteiger partial charge < -0.3 is 14.7 Å². The highest BCUT2D eigenvalue weighted by Gasteiger charge is 2.16. The van der Waals surface area contributed by atoms with Gasteiger partial charge in [-0.05, 0) is 25.5 Å². The van der Waals surface area contributed by atoms with E-state index in [1.807, 2.05) is 18.2 Å². The van der Waals surface area contributed by atoms with Crippen LogP contribution in [0.1, 0.15) is 38.4 Å². The van der Waals surface area contributed by atoms with Crippen molar-refractivity contribution in [3.05, 3.63) is 23.8 Å². The maximum atomic E-state index is 9.88. The molecule has 1 atom stereocenters. The molecule has 0 bridgehead atoms. The summed E-state index contributed by atoms with van der Waals surface area (Å²) >= 11 is 0. The maximum absolute atomic E-state index is 9.88. The van der Waals surface area contributed by atoms with Crippen LogP contribution in [0.4, 0.5) is 5.69 Å². The van der Waals surface area contributed by atoms with Crippen LogP contribution in [0.25, 0.3) is 0 Å². The van der Waals surface area contributed by atoms with Gasteiger partial charge in [-0.1, -0.05) is 19.4 Å². The highest BCUT2D eigenvalue weighted by atomic mass is 16.5. The smallest absolute Gasteiger partial charge is 0.126 e. The molecule has 1 aromatic rings. The second-order valence-electron chi connectivity index (χ2n) is 4.34. The number of anilines is 1. The summed E-state index contributed by atoms with van der Waals surface area (Å²) in [5, 5.41) is 9.88. The van der Waals surface area contributed by atoms with Crippen LogP contribution in [0.15, 0.2) is 18.2 Å². The number of hydrogen-bond acceptors (Lipinski definition) is 3. The van der Waals surface area contributed by atoms with Gasteiger partial charge in [0, 0.05) is 24.8 Å². The molecule has 0 amide bonds.